The number of hydrogen-bond acceptors (Lipinski definition) is 8. The van der Waals surface area contributed by atoms with E-state index in [1.165, 1.54) is 0 Å². The van der Waals surface area contributed by atoms with Crippen molar-refractivity contribution in [1.82, 2.24) is 15.1 Å². The number of nitrogens with one attached hydrogen (secondary N) is 1. The number of fused-ring (bicyclic) bond motifs is 2. The topological polar surface area (TPSA) is 98.8 Å². The summed E-state index contributed by atoms with van der Waals surface area (Å²) in [6.45, 7) is 8.88. The van der Waals surface area contributed by atoms with Crippen LogP contribution in [0.25, 0.3) is 5.57 Å². The Labute approximate surface area is 342 Å². The van der Waals surface area contributed by atoms with Crippen molar-refractivity contribution in [2.24, 2.45) is 0 Å². The van der Waals surface area contributed by atoms with Gasteiger partial charge in [-0.25, -0.2) is 4.79 Å². The quantitative estimate of drug-likeness (QED) is 0.135. The Bertz CT molecular complexity index is 1910. The van der Waals surface area contributed by atoms with Crippen molar-refractivity contribution in [3.8, 4) is 23.0 Å². The van der Waals surface area contributed by atoms with Gasteiger partial charge in [-0.1, -0.05) is 58.5 Å². The van der Waals surface area contributed by atoms with Crippen molar-refractivity contribution in [1.29, 1.82) is 0 Å². The van der Waals surface area contributed by atoms with Crippen LogP contribution in [-0.4, -0.2) is 89.8 Å². The molecule has 2 fully saturated rings. The number of carbonyl (C=O) groups is 2. The van der Waals surface area contributed by atoms with Gasteiger partial charge >= 0.3 is 6.09 Å². The second-order valence-corrected chi connectivity index (χ2v) is 17.4. The Morgan fingerprint density at radius 3 is 2.13 bits per heavy atom. The van der Waals surface area contributed by atoms with Gasteiger partial charge in [0.25, 0.3) is 5.91 Å². The maximum absolute atomic E-state index is 15.1. The summed E-state index contributed by atoms with van der Waals surface area (Å²) in [4.78, 5) is 32.7. The molecular formula is C41H47Cl4N3O7. The van der Waals surface area contributed by atoms with E-state index in [2.05, 4.69) is 5.32 Å². The maximum atomic E-state index is 15.1. The van der Waals surface area contributed by atoms with Crippen LogP contribution >= 0.6 is 46.4 Å². The summed E-state index contributed by atoms with van der Waals surface area (Å²) < 4.78 is 27.0. The molecule has 2 bridgehead atoms. The molecule has 0 radical (unpaired) electrons. The smallest absolute Gasteiger partial charge is 0.411 e. The molecule has 1 N–H and O–H groups in total. The Hall–Kier alpha value is -3.54. The first-order valence-electron chi connectivity index (χ1n) is 18.3. The number of hydrogen-bond donors (Lipinski definition) is 1. The third-order valence-electron chi connectivity index (χ3n) is 10.4. The Kier molecular flexibility index (Phi) is 12.6. The van der Waals surface area contributed by atoms with E-state index in [0.717, 1.165) is 40.7 Å². The van der Waals surface area contributed by atoms with Gasteiger partial charge in [-0.05, 0) is 111 Å². The third-order valence-corrected chi connectivity index (χ3v) is 12.0. The lowest BCUT2D eigenvalue weighted by Crippen LogP contribution is -2.64. The van der Waals surface area contributed by atoms with Crippen LogP contribution in [0.4, 0.5) is 4.79 Å². The van der Waals surface area contributed by atoms with E-state index in [1.807, 2.05) is 67.3 Å². The molecule has 10 nitrogen and oxygen atoms in total. The molecule has 2 unspecified atom stereocenters. The summed E-state index contributed by atoms with van der Waals surface area (Å²) in [5.74, 6) is 2.36. The van der Waals surface area contributed by atoms with Gasteiger partial charge in [0.1, 0.15) is 36.2 Å². The highest BCUT2D eigenvalue weighted by Crippen LogP contribution is 2.44. The minimum absolute atomic E-state index is 0.0353. The zero-order valence-electron chi connectivity index (χ0n) is 31.8. The van der Waals surface area contributed by atoms with Crippen LogP contribution < -0.4 is 24.3 Å². The predicted molar refractivity (Wildman–Crippen MR) is 216 cm³/mol. The van der Waals surface area contributed by atoms with Crippen molar-refractivity contribution in [3.63, 3.8) is 0 Å². The highest BCUT2D eigenvalue weighted by Gasteiger charge is 2.50. The van der Waals surface area contributed by atoms with E-state index in [0.29, 0.717) is 72.9 Å². The SMILES string of the molecule is COc1cc(CN(C(=O)C2=C(c3ccc(OCCOc4cc(C)c(C)cc4Cl)cc3)CC3CNCC2N3C(=O)OC(C)(C)C(Cl)(Cl)Cl)C2CC2)cc(OC)c1. The number of carbonyl (C=O) groups excluding carboxylic acids is 2. The van der Waals surface area contributed by atoms with E-state index in [1.54, 1.807) is 39.0 Å². The summed E-state index contributed by atoms with van der Waals surface area (Å²) in [6.07, 6.45) is 1.48. The Balaban J connectivity index is 1.30. The zero-order valence-corrected chi connectivity index (χ0v) is 34.9. The average molecular weight is 836 g/mol. The Morgan fingerprint density at radius 1 is 0.873 bits per heavy atom. The molecule has 1 saturated heterocycles. The van der Waals surface area contributed by atoms with Crippen LogP contribution in [-0.2, 0) is 16.1 Å². The van der Waals surface area contributed by atoms with Crippen LogP contribution in [0.15, 0.2) is 60.2 Å². The highest BCUT2D eigenvalue weighted by atomic mass is 35.6. The molecule has 0 aromatic heterocycles. The van der Waals surface area contributed by atoms with Crippen molar-refractivity contribution >= 4 is 64.0 Å². The number of halogens is 4. The monoisotopic (exact) mass is 833 g/mol. The van der Waals surface area contributed by atoms with Gasteiger partial charge in [0.15, 0.2) is 5.60 Å². The van der Waals surface area contributed by atoms with Crippen LogP contribution in [0.5, 0.6) is 23.0 Å². The molecule has 3 aromatic carbocycles. The van der Waals surface area contributed by atoms with Gasteiger partial charge in [-0.15, -0.1) is 0 Å². The second kappa shape index (κ2) is 16.9. The fourth-order valence-electron chi connectivity index (χ4n) is 6.94. The molecular weight excluding hydrogens is 788 g/mol. The minimum atomic E-state index is -1.88. The van der Waals surface area contributed by atoms with Gasteiger partial charge in [-0.2, -0.15) is 0 Å². The molecule has 1 saturated carbocycles. The van der Waals surface area contributed by atoms with Crippen molar-refractivity contribution in [2.45, 2.75) is 81.0 Å². The van der Waals surface area contributed by atoms with Crippen molar-refractivity contribution < 1.29 is 33.3 Å². The maximum Gasteiger partial charge on any atom is 0.411 e. The predicted octanol–water partition coefficient (Wildman–Crippen LogP) is 8.71. The lowest BCUT2D eigenvalue weighted by molar-refractivity contribution is -0.129. The van der Waals surface area contributed by atoms with E-state index in [-0.39, 0.29) is 18.0 Å². The van der Waals surface area contributed by atoms with Crippen LogP contribution in [0, 0.1) is 13.8 Å². The molecule has 6 rings (SSSR count). The molecule has 296 valence electrons. The number of benzene rings is 3. The minimum Gasteiger partial charge on any atom is -0.497 e. The first kappa shape index (κ1) is 41.1. The highest BCUT2D eigenvalue weighted by molar-refractivity contribution is 6.68. The third kappa shape index (κ3) is 9.37. The molecule has 3 aliphatic rings. The first-order valence-corrected chi connectivity index (χ1v) is 19.8. The largest absolute Gasteiger partial charge is 0.497 e. The van der Waals surface area contributed by atoms with E-state index in [4.69, 9.17) is 70.1 Å². The number of amides is 2. The second-order valence-electron chi connectivity index (χ2n) is 14.7. The number of piperazine rings is 1. The number of rotatable bonds is 13. The van der Waals surface area contributed by atoms with Crippen LogP contribution in [0.3, 0.4) is 0 Å². The van der Waals surface area contributed by atoms with E-state index in [9.17, 15) is 4.79 Å². The summed E-state index contributed by atoms with van der Waals surface area (Å²) in [5.41, 5.74) is 3.85. The van der Waals surface area contributed by atoms with Gasteiger partial charge in [0.2, 0.25) is 3.79 Å². The first-order chi connectivity index (χ1) is 26.1. The fourth-order valence-corrected chi connectivity index (χ4v) is 7.33. The van der Waals surface area contributed by atoms with Crippen molar-refractivity contribution in [2.75, 3.05) is 40.5 Å². The van der Waals surface area contributed by atoms with E-state index >= 15 is 4.79 Å². The van der Waals surface area contributed by atoms with Gasteiger partial charge in [0, 0.05) is 37.3 Å². The average Bonchev–Trinajstić information content (AvgIpc) is 3.99. The summed E-state index contributed by atoms with van der Waals surface area (Å²) in [7, 11) is 3.19. The van der Waals surface area contributed by atoms with Crippen LogP contribution in [0.2, 0.25) is 5.02 Å². The number of alkyl halides is 3. The normalized spacial score (nSPS) is 18.5. The van der Waals surface area contributed by atoms with Gasteiger partial charge < -0.3 is 33.9 Å². The van der Waals surface area contributed by atoms with Crippen LogP contribution in [0.1, 0.15) is 55.4 Å². The molecule has 55 heavy (non-hydrogen) atoms. The molecule has 1 aliphatic carbocycles. The van der Waals surface area contributed by atoms with Gasteiger partial charge in [0.05, 0.1) is 31.3 Å². The molecule has 2 aliphatic heterocycles. The lowest BCUT2D eigenvalue weighted by Gasteiger charge is -2.48. The summed E-state index contributed by atoms with van der Waals surface area (Å²) >= 11 is 25.1. The molecule has 2 amide bonds. The fraction of sp³-hybridized carbons (Fsp3) is 0.463. The number of nitrogens with zero attached hydrogens (tertiary/aromatic N) is 2. The van der Waals surface area contributed by atoms with Crippen molar-refractivity contribution in [3.05, 3.63) is 87.4 Å². The number of aryl methyl sites for hydroxylation is 2. The summed E-state index contributed by atoms with van der Waals surface area (Å²) in [6, 6.07) is 16.2. The zero-order chi connectivity index (χ0) is 39.7. The number of methoxy groups -OCH3 is 2. The molecule has 2 heterocycles. The molecule has 3 aromatic rings. The Morgan fingerprint density at radius 2 is 1.51 bits per heavy atom. The number of ether oxygens (including phenoxy) is 5. The van der Waals surface area contributed by atoms with Gasteiger partial charge in [-0.3, -0.25) is 9.69 Å². The summed E-state index contributed by atoms with van der Waals surface area (Å²) in [5, 5.41) is 4.00. The standard InChI is InChI=1S/C41H47Cl4N3O7/c1-24-15-34(42)36(16-25(24)2)54-14-13-53-30-11-7-27(8-12-30)33-19-29-21-46-22-35(48(29)39(50)55-40(3,4)41(43,44)45)37(33)38(49)47(28-9-10-28)23-26-17-31(51-5)20-32(18-26)52-6/h7-8,11-12,15-18,20,28-29,35,46H,9-10,13-14,19,21-23H2,1-6H3. The molecule has 2 atom stereocenters. The lowest BCUT2D eigenvalue weighted by atomic mass is 9.82. The molecule has 0 spiro atoms. The van der Waals surface area contributed by atoms with E-state index < -0.39 is 21.5 Å². The molecule has 14 heteroatoms.